The zero-order chi connectivity index (χ0) is 12.4. The SMILES string of the molecule is CCC(CC)(CC)CN1CCC2(CCNC2)C1.Cl. The van der Waals surface area contributed by atoms with E-state index in [0.29, 0.717) is 10.8 Å². The van der Waals surface area contributed by atoms with Gasteiger partial charge in [-0.25, -0.2) is 0 Å². The van der Waals surface area contributed by atoms with Crippen LogP contribution in [0.1, 0.15) is 52.9 Å². The Hall–Kier alpha value is 0.210. The van der Waals surface area contributed by atoms with Gasteiger partial charge in [0.15, 0.2) is 0 Å². The first kappa shape index (κ1) is 16.3. The second-order valence-electron chi connectivity index (χ2n) is 6.45. The Bertz CT molecular complexity index is 237. The molecule has 2 aliphatic heterocycles. The summed E-state index contributed by atoms with van der Waals surface area (Å²) in [6.45, 7) is 13.6. The maximum Gasteiger partial charge on any atom is 0.00513 e. The lowest BCUT2D eigenvalue weighted by molar-refractivity contribution is 0.141. The number of likely N-dealkylation sites (tertiary alicyclic amines) is 1. The summed E-state index contributed by atoms with van der Waals surface area (Å²) in [5, 5.41) is 3.55. The lowest BCUT2D eigenvalue weighted by Crippen LogP contribution is -2.37. The van der Waals surface area contributed by atoms with Gasteiger partial charge in [0.05, 0.1) is 0 Å². The van der Waals surface area contributed by atoms with Gasteiger partial charge in [0.1, 0.15) is 0 Å². The summed E-state index contributed by atoms with van der Waals surface area (Å²) in [5.41, 5.74) is 1.22. The standard InChI is InChI=1S/C15H30N2.ClH/c1-4-14(5-2,6-3)12-17-10-8-15(13-17)7-9-16-11-15;/h16H,4-13H2,1-3H3;1H. The second kappa shape index (κ2) is 6.58. The Labute approximate surface area is 119 Å². The van der Waals surface area contributed by atoms with Crippen LogP contribution in [0.2, 0.25) is 0 Å². The summed E-state index contributed by atoms with van der Waals surface area (Å²) in [4.78, 5) is 2.75. The van der Waals surface area contributed by atoms with Crippen LogP contribution in [0.3, 0.4) is 0 Å². The molecule has 1 spiro atoms. The molecular formula is C15H31ClN2. The third-order valence-corrected chi connectivity index (χ3v) is 5.66. The molecule has 0 aromatic heterocycles. The molecule has 0 aromatic rings. The molecule has 0 aromatic carbocycles. The number of hydrogen-bond donors (Lipinski definition) is 1. The average molecular weight is 275 g/mol. The van der Waals surface area contributed by atoms with Crippen LogP contribution in [-0.4, -0.2) is 37.6 Å². The van der Waals surface area contributed by atoms with Gasteiger partial charge in [0, 0.05) is 19.6 Å². The summed E-state index contributed by atoms with van der Waals surface area (Å²) in [5.74, 6) is 0. The molecule has 0 amide bonds. The number of nitrogens with one attached hydrogen (secondary N) is 1. The van der Waals surface area contributed by atoms with E-state index in [1.54, 1.807) is 0 Å². The molecule has 2 heterocycles. The fourth-order valence-electron chi connectivity index (χ4n) is 3.87. The minimum Gasteiger partial charge on any atom is -0.316 e. The van der Waals surface area contributed by atoms with Crippen molar-refractivity contribution < 1.29 is 0 Å². The highest BCUT2D eigenvalue weighted by Crippen LogP contribution is 2.39. The van der Waals surface area contributed by atoms with E-state index in [1.807, 2.05) is 0 Å². The van der Waals surface area contributed by atoms with Crippen LogP contribution in [0.5, 0.6) is 0 Å². The summed E-state index contributed by atoms with van der Waals surface area (Å²) in [6, 6.07) is 0. The van der Waals surface area contributed by atoms with E-state index in [-0.39, 0.29) is 12.4 Å². The Kier molecular flexibility index (Phi) is 5.95. The van der Waals surface area contributed by atoms with Crippen molar-refractivity contribution in [1.82, 2.24) is 10.2 Å². The second-order valence-corrected chi connectivity index (χ2v) is 6.45. The molecule has 2 aliphatic rings. The van der Waals surface area contributed by atoms with E-state index < -0.39 is 0 Å². The molecule has 2 fully saturated rings. The van der Waals surface area contributed by atoms with E-state index in [9.17, 15) is 0 Å². The number of rotatable bonds is 5. The van der Waals surface area contributed by atoms with Gasteiger partial charge in [0.2, 0.25) is 0 Å². The Morgan fingerprint density at radius 2 is 1.78 bits per heavy atom. The van der Waals surface area contributed by atoms with Gasteiger partial charge in [0.25, 0.3) is 0 Å². The Morgan fingerprint density at radius 1 is 1.11 bits per heavy atom. The van der Waals surface area contributed by atoms with Crippen LogP contribution < -0.4 is 5.32 Å². The molecule has 3 heteroatoms. The van der Waals surface area contributed by atoms with Crippen LogP contribution in [0, 0.1) is 10.8 Å². The maximum atomic E-state index is 3.55. The van der Waals surface area contributed by atoms with Gasteiger partial charge >= 0.3 is 0 Å². The fourth-order valence-corrected chi connectivity index (χ4v) is 3.87. The average Bonchev–Trinajstić information content (AvgIpc) is 2.98. The molecule has 1 atom stereocenters. The smallest absolute Gasteiger partial charge is 0.00513 e. The molecule has 2 saturated heterocycles. The zero-order valence-corrected chi connectivity index (χ0v) is 13.2. The monoisotopic (exact) mass is 274 g/mol. The molecule has 108 valence electrons. The molecule has 0 saturated carbocycles. The van der Waals surface area contributed by atoms with Gasteiger partial charge in [-0.05, 0) is 56.0 Å². The lowest BCUT2D eigenvalue weighted by atomic mass is 9.79. The van der Waals surface area contributed by atoms with Gasteiger partial charge in [-0.3, -0.25) is 0 Å². The minimum absolute atomic E-state index is 0. The predicted molar refractivity (Wildman–Crippen MR) is 81.5 cm³/mol. The highest BCUT2D eigenvalue weighted by molar-refractivity contribution is 5.85. The van der Waals surface area contributed by atoms with Crippen LogP contribution in [0.4, 0.5) is 0 Å². The van der Waals surface area contributed by atoms with Gasteiger partial charge in [-0.1, -0.05) is 20.8 Å². The van der Waals surface area contributed by atoms with Crippen molar-refractivity contribution >= 4 is 12.4 Å². The predicted octanol–water partition coefficient (Wildman–Crippen LogP) is 3.31. The number of nitrogens with zero attached hydrogens (tertiary/aromatic N) is 1. The van der Waals surface area contributed by atoms with Crippen molar-refractivity contribution in [3.63, 3.8) is 0 Å². The molecule has 1 N–H and O–H groups in total. The summed E-state index contributed by atoms with van der Waals surface area (Å²) in [7, 11) is 0. The van der Waals surface area contributed by atoms with Gasteiger partial charge in [-0.15, -0.1) is 12.4 Å². The number of hydrogen-bond acceptors (Lipinski definition) is 2. The molecule has 0 bridgehead atoms. The van der Waals surface area contributed by atoms with Crippen LogP contribution in [0.25, 0.3) is 0 Å². The molecule has 0 aliphatic carbocycles. The summed E-state index contributed by atoms with van der Waals surface area (Å²) in [6.07, 6.45) is 6.83. The van der Waals surface area contributed by atoms with E-state index >= 15 is 0 Å². The van der Waals surface area contributed by atoms with Crippen molar-refractivity contribution in [1.29, 1.82) is 0 Å². The zero-order valence-electron chi connectivity index (χ0n) is 12.4. The van der Waals surface area contributed by atoms with Crippen molar-refractivity contribution in [3.05, 3.63) is 0 Å². The third kappa shape index (κ3) is 3.20. The van der Waals surface area contributed by atoms with Gasteiger partial charge < -0.3 is 10.2 Å². The summed E-state index contributed by atoms with van der Waals surface area (Å²) < 4.78 is 0. The Morgan fingerprint density at radius 3 is 2.28 bits per heavy atom. The molecule has 0 radical (unpaired) electrons. The quantitative estimate of drug-likeness (QED) is 0.828. The Balaban J connectivity index is 0.00000162. The highest BCUT2D eigenvalue weighted by atomic mass is 35.5. The molecule has 1 unspecified atom stereocenters. The van der Waals surface area contributed by atoms with E-state index in [0.717, 1.165) is 0 Å². The fraction of sp³-hybridized carbons (Fsp3) is 1.00. The third-order valence-electron chi connectivity index (χ3n) is 5.66. The molecule has 2 rings (SSSR count). The normalized spacial score (nSPS) is 28.8. The molecule has 2 nitrogen and oxygen atoms in total. The first-order valence-corrected chi connectivity index (χ1v) is 7.61. The van der Waals surface area contributed by atoms with E-state index in [1.165, 1.54) is 64.8 Å². The molecule has 18 heavy (non-hydrogen) atoms. The highest BCUT2D eigenvalue weighted by Gasteiger charge is 2.41. The summed E-state index contributed by atoms with van der Waals surface area (Å²) >= 11 is 0. The van der Waals surface area contributed by atoms with Crippen molar-refractivity contribution in [2.45, 2.75) is 52.9 Å². The maximum absolute atomic E-state index is 3.55. The molecular weight excluding hydrogens is 244 g/mol. The van der Waals surface area contributed by atoms with Crippen molar-refractivity contribution in [2.75, 3.05) is 32.7 Å². The lowest BCUT2D eigenvalue weighted by Gasteiger charge is -2.35. The van der Waals surface area contributed by atoms with Crippen molar-refractivity contribution in [3.8, 4) is 0 Å². The topological polar surface area (TPSA) is 15.3 Å². The van der Waals surface area contributed by atoms with E-state index in [2.05, 4.69) is 31.0 Å². The van der Waals surface area contributed by atoms with Crippen LogP contribution >= 0.6 is 12.4 Å². The van der Waals surface area contributed by atoms with Crippen molar-refractivity contribution in [2.24, 2.45) is 10.8 Å². The number of halogens is 1. The van der Waals surface area contributed by atoms with E-state index in [4.69, 9.17) is 0 Å². The largest absolute Gasteiger partial charge is 0.316 e. The van der Waals surface area contributed by atoms with Gasteiger partial charge in [-0.2, -0.15) is 0 Å². The first-order valence-electron chi connectivity index (χ1n) is 7.61. The van der Waals surface area contributed by atoms with Crippen LogP contribution in [0.15, 0.2) is 0 Å². The van der Waals surface area contributed by atoms with Crippen LogP contribution in [-0.2, 0) is 0 Å². The first-order chi connectivity index (χ1) is 8.17. The minimum atomic E-state index is 0.